The van der Waals surface area contributed by atoms with Crippen molar-refractivity contribution in [3.05, 3.63) is 17.3 Å². The van der Waals surface area contributed by atoms with E-state index in [1.54, 1.807) is 0 Å². The SMILES string of the molecule is COc1c(CCl)cc(OC(F)(F)F)nc1C=O. The highest BCUT2D eigenvalue weighted by atomic mass is 35.5. The molecule has 0 aliphatic rings. The van der Waals surface area contributed by atoms with Crippen LogP contribution in [0.1, 0.15) is 16.1 Å². The third-order valence-electron chi connectivity index (χ3n) is 1.73. The highest BCUT2D eigenvalue weighted by Crippen LogP contribution is 2.29. The van der Waals surface area contributed by atoms with Crippen LogP contribution in [0.5, 0.6) is 11.6 Å². The Balaban J connectivity index is 3.22. The second-order valence-corrected chi connectivity index (χ2v) is 3.10. The van der Waals surface area contributed by atoms with Crippen LogP contribution < -0.4 is 9.47 Å². The zero-order chi connectivity index (χ0) is 13.1. The van der Waals surface area contributed by atoms with Crippen molar-refractivity contribution in [1.82, 2.24) is 4.98 Å². The molecule has 0 bridgehead atoms. The summed E-state index contributed by atoms with van der Waals surface area (Å²) in [6, 6.07) is 0.965. The monoisotopic (exact) mass is 269 g/mol. The molecule has 8 heteroatoms. The fraction of sp³-hybridized carbons (Fsp3) is 0.333. The molecule has 0 atom stereocenters. The lowest BCUT2D eigenvalue weighted by Crippen LogP contribution is -2.18. The van der Waals surface area contributed by atoms with Gasteiger partial charge in [-0.15, -0.1) is 24.8 Å². The molecule has 1 aromatic heterocycles. The van der Waals surface area contributed by atoms with Crippen molar-refractivity contribution >= 4 is 17.9 Å². The molecule has 94 valence electrons. The standard InChI is InChI=1S/C9H7ClF3NO3/c1-16-8-5(3-10)2-7(14-6(8)4-15)17-9(11,12)13/h2,4H,3H2,1H3. The quantitative estimate of drug-likeness (QED) is 0.622. The summed E-state index contributed by atoms with van der Waals surface area (Å²) < 4.78 is 44.4. The van der Waals surface area contributed by atoms with Gasteiger partial charge < -0.3 is 9.47 Å². The van der Waals surface area contributed by atoms with Gasteiger partial charge in [-0.3, -0.25) is 4.79 Å². The number of rotatable bonds is 4. The second-order valence-electron chi connectivity index (χ2n) is 2.84. The van der Waals surface area contributed by atoms with Gasteiger partial charge in [-0.05, 0) is 0 Å². The highest BCUT2D eigenvalue weighted by molar-refractivity contribution is 6.17. The first-order valence-corrected chi connectivity index (χ1v) is 4.79. The lowest BCUT2D eigenvalue weighted by atomic mass is 10.2. The van der Waals surface area contributed by atoms with Crippen molar-refractivity contribution in [2.75, 3.05) is 7.11 Å². The van der Waals surface area contributed by atoms with Gasteiger partial charge in [-0.2, -0.15) is 0 Å². The Morgan fingerprint density at radius 2 is 2.18 bits per heavy atom. The van der Waals surface area contributed by atoms with Crippen molar-refractivity contribution in [1.29, 1.82) is 0 Å². The maximum atomic E-state index is 12.0. The van der Waals surface area contributed by atoms with E-state index in [1.165, 1.54) is 7.11 Å². The number of aldehydes is 1. The van der Waals surface area contributed by atoms with Gasteiger partial charge in [0.2, 0.25) is 5.88 Å². The Bertz CT molecular complexity index is 423. The average Bonchev–Trinajstić information content (AvgIpc) is 2.25. The van der Waals surface area contributed by atoms with Gasteiger partial charge in [0, 0.05) is 11.6 Å². The molecule has 0 radical (unpaired) electrons. The molecule has 0 aromatic carbocycles. The average molecular weight is 270 g/mol. The number of alkyl halides is 4. The predicted octanol–water partition coefficient (Wildman–Crippen LogP) is 2.54. The normalized spacial score (nSPS) is 11.1. The van der Waals surface area contributed by atoms with Crippen LogP contribution >= 0.6 is 11.6 Å². The number of hydrogen-bond acceptors (Lipinski definition) is 4. The third kappa shape index (κ3) is 3.48. The Hall–Kier alpha value is -1.50. The van der Waals surface area contributed by atoms with Crippen LogP contribution in [0, 0.1) is 0 Å². The minimum atomic E-state index is -4.88. The molecule has 1 heterocycles. The molecular weight excluding hydrogens is 263 g/mol. The minimum Gasteiger partial charge on any atom is -0.494 e. The van der Waals surface area contributed by atoms with E-state index in [0.29, 0.717) is 0 Å². The van der Waals surface area contributed by atoms with E-state index in [4.69, 9.17) is 16.3 Å². The molecule has 0 fully saturated rings. The smallest absolute Gasteiger partial charge is 0.494 e. The topological polar surface area (TPSA) is 48.4 Å². The molecule has 0 saturated carbocycles. The van der Waals surface area contributed by atoms with E-state index in [2.05, 4.69) is 9.72 Å². The summed E-state index contributed by atoms with van der Waals surface area (Å²) in [5, 5.41) is 0. The lowest BCUT2D eigenvalue weighted by molar-refractivity contribution is -0.276. The number of pyridine rings is 1. The summed E-state index contributed by atoms with van der Waals surface area (Å²) in [6.45, 7) is 0. The summed E-state index contributed by atoms with van der Waals surface area (Å²) in [5.41, 5.74) is -0.115. The summed E-state index contributed by atoms with van der Waals surface area (Å²) in [6.07, 6.45) is -4.62. The second kappa shape index (κ2) is 5.22. The molecular formula is C9H7ClF3NO3. The largest absolute Gasteiger partial charge is 0.574 e. The van der Waals surface area contributed by atoms with Gasteiger partial charge in [0.05, 0.1) is 13.0 Å². The number of nitrogens with zero attached hydrogens (tertiary/aromatic N) is 1. The van der Waals surface area contributed by atoms with Crippen molar-refractivity contribution in [2.24, 2.45) is 0 Å². The zero-order valence-electron chi connectivity index (χ0n) is 8.55. The summed E-state index contributed by atoms with van der Waals surface area (Å²) in [7, 11) is 1.25. The fourth-order valence-electron chi connectivity index (χ4n) is 1.17. The molecule has 0 aliphatic heterocycles. The lowest BCUT2D eigenvalue weighted by Gasteiger charge is -2.12. The molecule has 1 aromatic rings. The van der Waals surface area contributed by atoms with Crippen LogP contribution in [-0.4, -0.2) is 24.7 Å². The van der Waals surface area contributed by atoms with E-state index in [-0.39, 0.29) is 29.2 Å². The molecule has 1 rings (SSSR count). The maximum absolute atomic E-state index is 12.0. The molecule has 0 unspecified atom stereocenters. The zero-order valence-corrected chi connectivity index (χ0v) is 9.30. The molecule has 0 spiro atoms. The Labute approximate surface area is 99.3 Å². The van der Waals surface area contributed by atoms with Crippen molar-refractivity contribution in [3.63, 3.8) is 0 Å². The van der Waals surface area contributed by atoms with Crippen LogP contribution in [-0.2, 0) is 5.88 Å². The molecule has 0 aliphatic carbocycles. The third-order valence-corrected chi connectivity index (χ3v) is 2.02. The summed E-state index contributed by atoms with van der Waals surface area (Å²) >= 11 is 5.52. The number of halogens is 4. The number of aromatic nitrogens is 1. The van der Waals surface area contributed by atoms with E-state index >= 15 is 0 Å². The summed E-state index contributed by atoms with van der Waals surface area (Å²) in [4.78, 5) is 14.0. The summed E-state index contributed by atoms with van der Waals surface area (Å²) in [5.74, 6) is -0.860. The molecule has 0 amide bonds. The maximum Gasteiger partial charge on any atom is 0.574 e. The van der Waals surface area contributed by atoms with E-state index in [0.717, 1.165) is 6.07 Å². The van der Waals surface area contributed by atoms with Gasteiger partial charge in [-0.1, -0.05) is 0 Å². The van der Waals surface area contributed by atoms with Crippen molar-refractivity contribution in [3.8, 4) is 11.6 Å². The number of carbonyl (C=O) groups excluding carboxylic acids is 1. The van der Waals surface area contributed by atoms with Gasteiger partial charge in [-0.25, -0.2) is 4.98 Å². The van der Waals surface area contributed by atoms with Gasteiger partial charge in [0.1, 0.15) is 5.69 Å². The van der Waals surface area contributed by atoms with Crippen molar-refractivity contribution < 1.29 is 27.4 Å². The molecule has 0 saturated heterocycles. The van der Waals surface area contributed by atoms with Gasteiger partial charge in [0.25, 0.3) is 0 Å². The van der Waals surface area contributed by atoms with Crippen LogP contribution in [0.15, 0.2) is 6.07 Å². The molecule has 0 N–H and O–H groups in total. The van der Waals surface area contributed by atoms with E-state index in [9.17, 15) is 18.0 Å². The first-order chi connectivity index (χ1) is 7.91. The fourth-order valence-corrected chi connectivity index (χ4v) is 1.37. The number of carbonyl (C=O) groups is 1. The van der Waals surface area contributed by atoms with E-state index < -0.39 is 12.2 Å². The van der Waals surface area contributed by atoms with E-state index in [1.807, 2.05) is 0 Å². The van der Waals surface area contributed by atoms with Crippen LogP contribution in [0.4, 0.5) is 13.2 Å². The first kappa shape index (κ1) is 13.6. The van der Waals surface area contributed by atoms with Gasteiger partial charge >= 0.3 is 6.36 Å². The minimum absolute atomic E-state index is 0.0320. The number of methoxy groups -OCH3 is 1. The van der Waals surface area contributed by atoms with Crippen LogP contribution in [0.2, 0.25) is 0 Å². The predicted molar refractivity (Wildman–Crippen MR) is 52.4 cm³/mol. The van der Waals surface area contributed by atoms with Gasteiger partial charge in [0.15, 0.2) is 12.0 Å². The van der Waals surface area contributed by atoms with Crippen LogP contribution in [0.3, 0.4) is 0 Å². The Morgan fingerprint density at radius 3 is 2.59 bits per heavy atom. The van der Waals surface area contributed by atoms with Crippen LogP contribution in [0.25, 0.3) is 0 Å². The Kier molecular flexibility index (Phi) is 4.17. The number of hydrogen-bond donors (Lipinski definition) is 0. The highest BCUT2D eigenvalue weighted by Gasteiger charge is 2.32. The first-order valence-electron chi connectivity index (χ1n) is 4.26. The Morgan fingerprint density at radius 1 is 1.53 bits per heavy atom. The molecule has 17 heavy (non-hydrogen) atoms. The van der Waals surface area contributed by atoms with Crippen molar-refractivity contribution in [2.45, 2.75) is 12.2 Å². The molecule has 4 nitrogen and oxygen atoms in total. The number of ether oxygens (including phenoxy) is 2.